The summed E-state index contributed by atoms with van der Waals surface area (Å²) >= 11 is 0. The van der Waals surface area contributed by atoms with E-state index >= 15 is 0 Å². The lowest BCUT2D eigenvalue weighted by Gasteiger charge is -2.33. The van der Waals surface area contributed by atoms with Crippen molar-refractivity contribution in [2.45, 2.75) is 31.0 Å². The molecule has 0 atom stereocenters. The smallest absolute Gasteiger partial charge is 0.253 e. The summed E-state index contributed by atoms with van der Waals surface area (Å²) in [5.74, 6) is -13.4. The van der Waals surface area contributed by atoms with E-state index in [2.05, 4.69) is 0 Å². The van der Waals surface area contributed by atoms with Crippen molar-refractivity contribution in [1.82, 2.24) is 5.32 Å². The molecule has 0 amide bonds. The summed E-state index contributed by atoms with van der Waals surface area (Å²) in [6.07, 6.45) is -6.77. The molecule has 0 bridgehead atoms. The first-order valence-electron chi connectivity index (χ1n) is 3.76. The van der Waals surface area contributed by atoms with E-state index in [4.69, 9.17) is 0 Å². The molecule has 0 aliphatic carbocycles. The second-order valence-corrected chi connectivity index (χ2v) is 2.75. The van der Waals surface area contributed by atoms with Gasteiger partial charge in [-0.1, -0.05) is 6.92 Å². The largest absolute Gasteiger partial charge is 0.460 e. The van der Waals surface area contributed by atoms with Crippen LogP contribution in [0.4, 0.5) is 39.5 Å². The highest BCUT2D eigenvalue weighted by Gasteiger charge is 2.81. The van der Waals surface area contributed by atoms with Crippen LogP contribution >= 0.6 is 0 Å². The van der Waals surface area contributed by atoms with Crippen molar-refractivity contribution in [2.75, 3.05) is 6.54 Å². The predicted molar refractivity (Wildman–Crippen MR) is 34.6 cm³/mol. The molecule has 0 saturated heterocycles. The van der Waals surface area contributed by atoms with Crippen LogP contribution in [0.25, 0.3) is 0 Å². The summed E-state index contributed by atoms with van der Waals surface area (Å²) in [5, 5.41) is 0.577. The summed E-state index contributed by atoms with van der Waals surface area (Å²) in [6, 6.07) is -5.67. The van der Waals surface area contributed by atoms with Crippen molar-refractivity contribution >= 4 is 0 Å². The first-order valence-corrected chi connectivity index (χ1v) is 3.76. The van der Waals surface area contributed by atoms with Gasteiger partial charge in [0, 0.05) is 0 Å². The highest BCUT2D eigenvalue weighted by atomic mass is 19.4. The van der Waals surface area contributed by atoms with Crippen molar-refractivity contribution in [3.05, 3.63) is 0 Å². The summed E-state index contributed by atoms with van der Waals surface area (Å²) < 4.78 is 108. The molecule has 10 heteroatoms. The summed E-state index contributed by atoms with van der Waals surface area (Å²) in [5.41, 5.74) is 0. The average Bonchev–Trinajstić information content (AvgIpc) is 2.01. The third-order valence-electron chi connectivity index (χ3n) is 1.54. The van der Waals surface area contributed by atoms with Gasteiger partial charge in [-0.3, -0.25) is 5.32 Å². The fraction of sp³-hybridized carbons (Fsp3) is 1.00. The minimum Gasteiger partial charge on any atom is -0.253 e. The Morgan fingerprint density at radius 3 is 1.38 bits per heavy atom. The minimum absolute atomic E-state index is 0.577. The van der Waals surface area contributed by atoms with Crippen LogP contribution < -0.4 is 5.32 Å². The zero-order chi connectivity index (χ0) is 13.4. The fourth-order valence-corrected chi connectivity index (χ4v) is 0.708. The highest BCUT2D eigenvalue weighted by Crippen LogP contribution is 2.51. The monoisotopic (exact) mass is 263 g/mol. The Labute approximate surface area is 83.6 Å². The van der Waals surface area contributed by atoms with Gasteiger partial charge < -0.3 is 0 Å². The lowest BCUT2D eigenvalue weighted by atomic mass is 10.1. The predicted octanol–water partition coefficient (Wildman–Crippen LogP) is 3.02. The van der Waals surface area contributed by atoms with Crippen LogP contribution in [-0.2, 0) is 0 Å². The topological polar surface area (TPSA) is 12.0 Å². The highest BCUT2D eigenvalue weighted by molar-refractivity contribution is 4.98. The molecule has 98 valence electrons. The van der Waals surface area contributed by atoms with Gasteiger partial charge in [0.1, 0.15) is 0 Å². The third kappa shape index (κ3) is 2.20. The van der Waals surface area contributed by atoms with E-state index < -0.39 is 30.6 Å². The van der Waals surface area contributed by atoms with E-state index in [0.29, 0.717) is 5.32 Å². The van der Waals surface area contributed by atoms with Crippen molar-refractivity contribution < 1.29 is 39.5 Å². The standard InChI is InChI=1S/C6H6F9N/c1-2-16-6(14,15)4(9,10)3(7,8)5(11,12)13/h16H,2H2,1H3. The molecule has 0 spiro atoms. The maximum Gasteiger partial charge on any atom is 0.460 e. The summed E-state index contributed by atoms with van der Waals surface area (Å²) in [4.78, 5) is 0. The van der Waals surface area contributed by atoms with Crippen LogP contribution in [-0.4, -0.2) is 30.6 Å². The molecule has 0 aliphatic heterocycles. The lowest BCUT2D eigenvalue weighted by molar-refractivity contribution is -0.400. The second kappa shape index (κ2) is 3.97. The summed E-state index contributed by atoms with van der Waals surface area (Å²) in [6.45, 7) is -0.0632. The average molecular weight is 263 g/mol. The van der Waals surface area contributed by atoms with Gasteiger partial charge in [0.05, 0.1) is 0 Å². The minimum atomic E-state index is -6.83. The SMILES string of the molecule is CCNC(F)(F)C(F)(F)C(F)(F)C(F)(F)F. The van der Waals surface area contributed by atoms with E-state index in [0.717, 1.165) is 6.92 Å². The van der Waals surface area contributed by atoms with Crippen molar-refractivity contribution in [1.29, 1.82) is 0 Å². The van der Waals surface area contributed by atoms with Gasteiger partial charge in [-0.25, -0.2) is 0 Å². The van der Waals surface area contributed by atoms with Crippen molar-refractivity contribution in [3.63, 3.8) is 0 Å². The number of rotatable bonds is 4. The molecule has 0 aromatic rings. The zero-order valence-electron chi connectivity index (χ0n) is 7.61. The Morgan fingerprint density at radius 1 is 0.750 bits per heavy atom. The Hall–Kier alpha value is -0.670. The number of hydrogen-bond donors (Lipinski definition) is 1. The van der Waals surface area contributed by atoms with Crippen LogP contribution in [0.2, 0.25) is 0 Å². The second-order valence-electron chi connectivity index (χ2n) is 2.75. The summed E-state index contributed by atoms with van der Waals surface area (Å²) in [7, 11) is 0. The normalized spacial score (nSPS) is 15.4. The van der Waals surface area contributed by atoms with E-state index in [9.17, 15) is 39.5 Å². The fourth-order valence-electron chi connectivity index (χ4n) is 0.708. The molecule has 0 saturated carbocycles. The van der Waals surface area contributed by atoms with Gasteiger partial charge in [-0.15, -0.1) is 0 Å². The molecule has 0 aromatic heterocycles. The van der Waals surface area contributed by atoms with Gasteiger partial charge in [0.15, 0.2) is 0 Å². The molecular weight excluding hydrogens is 257 g/mol. The number of nitrogens with one attached hydrogen (secondary N) is 1. The first-order chi connectivity index (χ1) is 6.81. The number of hydrogen-bond acceptors (Lipinski definition) is 1. The Kier molecular flexibility index (Phi) is 3.80. The van der Waals surface area contributed by atoms with Gasteiger partial charge in [-0.05, 0) is 6.54 Å². The van der Waals surface area contributed by atoms with Crippen LogP contribution in [0.1, 0.15) is 6.92 Å². The third-order valence-corrected chi connectivity index (χ3v) is 1.54. The van der Waals surface area contributed by atoms with Gasteiger partial charge in [-0.2, -0.15) is 39.5 Å². The molecule has 0 fully saturated rings. The molecule has 1 nitrogen and oxygen atoms in total. The zero-order valence-corrected chi connectivity index (χ0v) is 7.61. The molecule has 16 heavy (non-hydrogen) atoms. The van der Waals surface area contributed by atoms with Gasteiger partial charge in [0.25, 0.3) is 0 Å². The quantitative estimate of drug-likeness (QED) is 0.607. The van der Waals surface area contributed by atoms with E-state index in [1.165, 1.54) is 0 Å². The van der Waals surface area contributed by atoms with Crippen molar-refractivity contribution in [2.24, 2.45) is 0 Å². The van der Waals surface area contributed by atoms with E-state index in [1.54, 1.807) is 0 Å². The molecule has 0 aromatic carbocycles. The molecule has 0 heterocycles. The molecular formula is C6H6F9N. The van der Waals surface area contributed by atoms with Crippen LogP contribution in [0.3, 0.4) is 0 Å². The number of alkyl halides is 9. The Bertz CT molecular complexity index is 243. The van der Waals surface area contributed by atoms with Crippen LogP contribution in [0.5, 0.6) is 0 Å². The Balaban J connectivity index is 5.34. The van der Waals surface area contributed by atoms with E-state index in [1.807, 2.05) is 0 Å². The molecule has 0 aliphatic rings. The Morgan fingerprint density at radius 2 is 1.12 bits per heavy atom. The molecule has 0 radical (unpaired) electrons. The molecule has 0 unspecified atom stereocenters. The molecule has 1 N–H and O–H groups in total. The first kappa shape index (κ1) is 15.3. The van der Waals surface area contributed by atoms with Crippen LogP contribution in [0, 0.1) is 0 Å². The van der Waals surface area contributed by atoms with Gasteiger partial charge >= 0.3 is 24.1 Å². The number of halogens is 9. The maximum atomic E-state index is 12.4. The van der Waals surface area contributed by atoms with Gasteiger partial charge in [0.2, 0.25) is 0 Å². The van der Waals surface area contributed by atoms with Crippen LogP contribution in [0.15, 0.2) is 0 Å². The van der Waals surface area contributed by atoms with E-state index in [-0.39, 0.29) is 0 Å². The maximum absolute atomic E-state index is 12.4. The molecule has 0 rings (SSSR count). The lowest BCUT2D eigenvalue weighted by Crippen LogP contribution is -2.65. The van der Waals surface area contributed by atoms with Crippen molar-refractivity contribution in [3.8, 4) is 0 Å².